The van der Waals surface area contributed by atoms with E-state index >= 15 is 0 Å². The van der Waals surface area contributed by atoms with E-state index in [0.29, 0.717) is 11.1 Å². The van der Waals surface area contributed by atoms with Crippen LogP contribution in [0.15, 0.2) is 24.3 Å². The van der Waals surface area contributed by atoms with Gasteiger partial charge in [-0.1, -0.05) is 12.1 Å². The first-order valence-electron chi connectivity index (χ1n) is 6.19. The number of aliphatic hydroxyl groups excluding tert-OH is 1. The first kappa shape index (κ1) is 17.6. The summed E-state index contributed by atoms with van der Waals surface area (Å²) in [6.07, 6.45) is -0.897. The van der Waals surface area contributed by atoms with Crippen LogP contribution in [0.25, 0.3) is 0 Å². The Morgan fingerprint density at radius 2 is 1.90 bits per heavy atom. The van der Waals surface area contributed by atoms with Crippen LogP contribution in [0.3, 0.4) is 0 Å². The van der Waals surface area contributed by atoms with Crippen molar-refractivity contribution in [2.45, 2.75) is 11.9 Å². The molecule has 0 fully saturated rings. The molecule has 0 saturated heterocycles. The van der Waals surface area contributed by atoms with E-state index in [1.165, 1.54) is 38.5 Å². The predicted octanol–water partition coefficient (Wildman–Crippen LogP) is -0.100. The Bertz CT molecular complexity index is 555. The van der Waals surface area contributed by atoms with Crippen molar-refractivity contribution in [3.63, 3.8) is 0 Å². The third-order valence-electron chi connectivity index (χ3n) is 2.63. The lowest BCUT2D eigenvalue weighted by molar-refractivity contribution is 0.0600. The van der Waals surface area contributed by atoms with E-state index in [1.807, 2.05) is 0 Å². The quantitative estimate of drug-likeness (QED) is 0.649. The van der Waals surface area contributed by atoms with E-state index in [-0.39, 0.29) is 18.9 Å². The van der Waals surface area contributed by atoms with Gasteiger partial charge in [-0.25, -0.2) is 17.9 Å². The topological polar surface area (TPSA) is 102 Å². The van der Waals surface area contributed by atoms with E-state index < -0.39 is 22.1 Å². The zero-order valence-corrected chi connectivity index (χ0v) is 12.7. The summed E-state index contributed by atoms with van der Waals surface area (Å²) in [6.45, 7) is -0.0627. The Kier molecular flexibility index (Phi) is 6.76. The summed E-state index contributed by atoms with van der Waals surface area (Å²) in [5, 5.41) is 9.40. The fraction of sp³-hybridized carbons (Fsp3) is 0.462. The first-order chi connectivity index (χ1) is 9.88. The molecule has 1 aromatic carbocycles. The molecule has 0 spiro atoms. The highest BCUT2D eigenvalue weighted by Gasteiger charge is 2.14. The number of ether oxygens (including phenoxy) is 2. The second kappa shape index (κ2) is 8.08. The van der Waals surface area contributed by atoms with Crippen molar-refractivity contribution in [2.24, 2.45) is 0 Å². The lowest BCUT2D eigenvalue weighted by Gasteiger charge is -2.11. The van der Waals surface area contributed by atoms with Crippen LogP contribution in [-0.2, 0) is 25.2 Å². The molecule has 7 nitrogen and oxygen atoms in total. The van der Waals surface area contributed by atoms with Gasteiger partial charge in [0.2, 0.25) is 10.0 Å². The molecule has 0 amide bonds. The smallest absolute Gasteiger partial charge is 0.337 e. The molecule has 1 atom stereocenters. The highest BCUT2D eigenvalue weighted by molar-refractivity contribution is 7.88. The van der Waals surface area contributed by atoms with Gasteiger partial charge in [0.25, 0.3) is 0 Å². The zero-order valence-electron chi connectivity index (χ0n) is 11.9. The number of hydrogen-bond acceptors (Lipinski definition) is 6. The summed E-state index contributed by atoms with van der Waals surface area (Å²) in [5.41, 5.74) is 0.874. The number of hydrogen-bond donors (Lipinski definition) is 2. The number of aliphatic hydroxyl groups is 1. The zero-order chi connectivity index (χ0) is 15.9. The molecule has 1 aromatic rings. The van der Waals surface area contributed by atoms with Crippen LogP contribution in [0.2, 0.25) is 0 Å². The molecule has 8 heteroatoms. The van der Waals surface area contributed by atoms with Gasteiger partial charge in [-0.05, 0) is 17.7 Å². The van der Waals surface area contributed by atoms with Gasteiger partial charge in [-0.2, -0.15) is 0 Å². The minimum atomic E-state index is -3.57. The van der Waals surface area contributed by atoms with Gasteiger partial charge in [-0.15, -0.1) is 0 Å². The molecule has 0 aliphatic carbocycles. The van der Waals surface area contributed by atoms with Crippen LogP contribution < -0.4 is 4.72 Å². The van der Waals surface area contributed by atoms with Crippen LogP contribution >= 0.6 is 0 Å². The molecule has 0 heterocycles. The standard InChI is InChI=1S/C13H19NO6S/c1-19-8-12(15)7-14-21(17,18)9-10-3-5-11(6-4-10)13(16)20-2/h3-6,12,14-15H,7-9H2,1-2H3. The van der Waals surface area contributed by atoms with Gasteiger partial charge in [0.1, 0.15) is 0 Å². The van der Waals surface area contributed by atoms with Gasteiger partial charge in [0.15, 0.2) is 0 Å². The average Bonchev–Trinajstić information content (AvgIpc) is 2.45. The van der Waals surface area contributed by atoms with Crippen LogP contribution in [0, 0.1) is 0 Å². The number of benzene rings is 1. The van der Waals surface area contributed by atoms with Crippen LogP contribution in [0.1, 0.15) is 15.9 Å². The number of carbonyl (C=O) groups is 1. The van der Waals surface area contributed by atoms with Crippen LogP contribution in [0.4, 0.5) is 0 Å². The first-order valence-corrected chi connectivity index (χ1v) is 7.84. The molecular formula is C13H19NO6S. The fourth-order valence-electron chi connectivity index (χ4n) is 1.60. The Balaban J connectivity index is 2.61. The lowest BCUT2D eigenvalue weighted by Crippen LogP contribution is -2.35. The molecule has 1 rings (SSSR count). The van der Waals surface area contributed by atoms with E-state index in [0.717, 1.165) is 0 Å². The van der Waals surface area contributed by atoms with Crippen molar-refractivity contribution < 1.29 is 27.8 Å². The highest BCUT2D eigenvalue weighted by Crippen LogP contribution is 2.08. The van der Waals surface area contributed by atoms with E-state index in [4.69, 9.17) is 4.74 Å². The van der Waals surface area contributed by atoms with Crippen molar-refractivity contribution in [3.8, 4) is 0 Å². The van der Waals surface area contributed by atoms with Crippen molar-refractivity contribution in [2.75, 3.05) is 27.4 Å². The lowest BCUT2D eigenvalue weighted by atomic mass is 10.1. The molecule has 0 radical (unpaired) electrons. The van der Waals surface area contributed by atoms with Crippen molar-refractivity contribution in [1.82, 2.24) is 4.72 Å². The summed E-state index contributed by atoms with van der Waals surface area (Å²) in [7, 11) is -0.877. The monoisotopic (exact) mass is 317 g/mol. The minimum Gasteiger partial charge on any atom is -0.465 e. The molecule has 21 heavy (non-hydrogen) atoms. The van der Waals surface area contributed by atoms with Gasteiger partial charge in [-0.3, -0.25) is 0 Å². The molecule has 0 aliphatic rings. The maximum atomic E-state index is 11.8. The van der Waals surface area contributed by atoms with Crippen molar-refractivity contribution in [3.05, 3.63) is 35.4 Å². The van der Waals surface area contributed by atoms with E-state index in [1.54, 1.807) is 0 Å². The maximum Gasteiger partial charge on any atom is 0.337 e. The highest BCUT2D eigenvalue weighted by atomic mass is 32.2. The Hall–Kier alpha value is -1.48. The second-order valence-corrected chi connectivity index (χ2v) is 6.21. The second-order valence-electron chi connectivity index (χ2n) is 4.41. The van der Waals surface area contributed by atoms with Crippen LogP contribution in [0.5, 0.6) is 0 Å². The largest absolute Gasteiger partial charge is 0.465 e. The van der Waals surface area contributed by atoms with Gasteiger partial charge in [0, 0.05) is 13.7 Å². The molecule has 0 aromatic heterocycles. The molecule has 0 aliphatic heterocycles. The summed E-state index contributed by atoms with van der Waals surface area (Å²) >= 11 is 0. The van der Waals surface area contributed by atoms with Gasteiger partial charge >= 0.3 is 5.97 Å². The van der Waals surface area contributed by atoms with Crippen molar-refractivity contribution >= 4 is 16.0 Å². The number of carbonyl (C=O) groups excluding carboxylic acids is 1. The molecule has 1 unspecified atom stereocenters. The maximum absolute atomic E-state index is 11.8. The van der Waals surface area contributed by atoms with Gasteiger partial charge in [0.05, 0.1) is 31.1 Å². The van der Waals surface area contributed by atoms with Crippen molar-refractivity contribution in [1.29, 1.82) is 0 Å². The van der Waals surface area contributed by atoms with Gasteiger partial charge < -0.3 is 14.6 Å². The molecule has 0 saturated carbocycles. The third kappa shape index (κ3) is 6.21. The average molecular weight is 317 g/mol. The molecule has 118 valence electrons. The Morgan fingerprint density at radius 3 is 2.43 bits per heavy atom. The van der Waals surface area contributed by atoms with Crippen LogP contribution in [-0.4, -0.2) is 53.0 Å². The van der Waals surface area contributed by atoms with E-state index in [9.17, 15) is 18.3 Å². The number of methoxy groups -OCH3 is 2. The summed E-state index contributed by atoms with van der Waals surface area (Å²) in [6, 6.07) is 6.07. The summed E-state index contributed by atoms with van der Waals surface area (Å²) in [5.74, 6) is -0.723. The fourth-order valence-corrected chi connectivity index (χ4v) is 2.78. The Labute approximate surface area is 123 Å². The SMILES string of the molecule is COCC(O)CNS(=O)(=O)Cc1ccc(C(=O)OC)cc1. The normalized spacial score (nSPS) is 12.9. The molecule has 0 bridgehead atoms. The summed E-state index contributed by atoms with van der Waals surface area (Å²) in [4.78, 5) is 11.3. The minimum absolute atomic E-state index is 0.0519. The Morgan fingerprint density at radius 1 is 1.29 bits per heavy atom. The number of sulfonamides is 1. The van der Waals surface area contributed by atoms with E-state index in [2.05, 4.69) is 9.46 Å². The number of nitrogens with one attached hydrogen (secondary N) is 1. The molecule has 2 N–H and O–H groups in total. The number of rotatable bonds is 8. The number of esters is 1. The predicted molar refractivity (Wildman–Crippen MR) is 76.3 cm³/mol. The third-order valence-corrected chi connectivity index (χ3v) is 3.95. The molecular weight excluding hydrogens is 298 g/mol. The summed E-state index contributed by atoms with van der Waals surface area (Å²) < 4.78 is 35.2.